The number of rotatable bonds is 2. The van der Waals surface area contributed by atoms with Crippen LogP contribution in [-0.2, 0) is 6.54 Å². The van der Waals surface area contributed by atoms with Crippen molar-refractivity contribution in [1.29, 1.82) is 0 Å². The van der Waals surface area contributed by atoms with Gasteiger partial charge < -0.3 is 14.8 Å². The van der Waals surface area contributed by atoms with Crippen LogP contribution in [0.3, 0.4) is 0 Å². The lowest BCUT2D eigenvalue weighted by molar-refractivity contribution is 0.569. The second-order valence-electron chi connectivity index (χ2n) is 4.42. The molecule has 7 nitrogen and oxygen atoms in total. The van der Waals surface area contributed by atoms with E-state index in [4.69, 9.17) is 11.6 Å². The van der Waals surface area contributed by atoms with Crippen LogP contribution in [0.4, 0.5) is 5.95 Å². The van der Waals surface area contributed by atoms with E-state index in [1.807, 2.05) is 11.5 Å². The van der Waals surface area contributed by atoms with E-state index < -0.39 is 0 Å². The lowest BCUT2D eigenvalue weighted by atomic mass is 10.4. The monoisotopic (exact) mass is 282 g/mol. The molecule has 3 rings (SSSR count). The Kier molecular flexibility index (Phi) is 3.16. The maximum Gasteiger partial charge on any atom is 0.278 e. The lowest BCUT2D eigenvalue weighted by Gasteiger charge is -2.28. The van der Waals surface area contributed by atoms with Crippen LogP contribution in [0, 0.1) is 0 Å². The molecule has 1 aliphatic heterocycles. The SMILES string of the molecule is CCn1c(N2CCNCC2)nc2nc(Cl)[nH]c(=O)c21. The Morgan fingerprint density at radius 2 is 2.05 bits per heavy atom. The topological polar surface area (TPSA) is 78.8 Å². The van der Waals surface area contributed by atoms with Gasteiger partial charge in [-0.25, -0.2) is 0 Å². The Bertz CT molecular complexity index is 657. The minimum Gasteiger partial charge on any atom is -0.340 e. The summed E-state index contributed by atoms with van der Waals surface area (Å²) in [7, 11) is 0. The van der Waals surface area contributed by atoms with Crippen molar-refractivity contribution in [2.75, 3.05) is 31.1 Å². The van der Waals surface area contributed by atoms with Gasteiger partial charge in [0.1, 0.15) is 0 Å². The van der Waals surface area contributed by atoms with Crippen molar-refractivity contribution in [3.05, 3.63) is 15.6 Å². The Balaban J connectivity index is 2.19. The standard InChI is InChI=1S/C11H15ClN6O/c1-2-18-7-8(14-10(12)16-9(7)19)15-11(18)17-5-3-13-4-6-17/h13H,2-6H2,1H3,(H,14,16,19). The minimum atomic E-state index is -0.245. The van der Waals surface area contributed by atoms with Crippen molar-refractivity contribution >= 4 is 28.7 Å². The Morgan fingerprint density at radius 3 is 2.74 bits per heavy atom. The van der Waals surface area contributed by atoms with Gasteiger partial charge in [-0.1, -0.05) is 0 Å². The molecule has 0 unspecified atom stereocenters. The fourth-order valence-electron chi connectivity index (χ4n) is 2.41. The first-order valence-corrected chi connectivity index (χ1v) is 6.70. The maximum absolute atomic E-state index is 12.0. The van der Waals surface area contributed by atoms with E-state index in [0.717, 1.165) is 32.1 Å². The lowest BCUT2D eigenvalue weighted by Crippen LogP contribution is -2.44. The van der Waals surface area contributed by atoms with Crippen LogP contribution in [0.2, 0.25) is 5.28 Å². The quantitative estimate of drug-likeness (QED) is 0.770. The molecular weight excluding hydrogens is 268 g/mol. The molecule has 0 spiro atoms. The number of halogens is 1. The largest absolute Gasteiger partial charge is 0.340 e. The van der Waals surface area contributed by atoms with Crippen molar-refractivity contribution < 1.29 is 0 Å². The van der Waals surface area contributed by atoms with E-state index in [1.165, 1.54) is 0 Å². The number of hydrogen-bond donors (Lipinski definition) is 2. The van der Waals surface area contributed by atoms with Gasteiger partial charge in [0.15, 0.2) is 11.2 Å². The first-order valence-electron chi connectivity index (χ1n) is 6.32. The third-order valence-corrected chi connectivity index (χ3v) is 3.46. The Hall–Kier alpha value is -1.60. The zero-order valence-electron chi connectivity index (χ0n) is 10.6. The van der Waals surface area contributed by atoms with Gasteiger partial charge in [0, 0.05) is 32.7 Å². The molecule has 102 valence electrons. The number of aromatic nitrogens is 4. The van der Waals surface area contributed by atoms with Crippen molar-refractivity contribution in [3.8, 4) is 0 Å². The highest BCUT2D eigenvalue weighted by Gasteiger charge is 2.20. The minimum absolute atomic E-state index is 0.0742. The van der Waals surface area contributed by atoms with Crippen LogP contribution in [0.5, 0.6) is 0 Å². The summed E-state index contributed by atoms with van der Waals surface area (Å²) in [6.45, 7) is 6.22. The Labute approximate surface area is 114 Å². The van der Waals surface area contributed by atoms with Crippen molar-refractivity contribution in [2.45, 2.75) is 13.5 Å². The van der Waals surface area contributed by atoms with Gasteiger partial charge in [-0.05, 0) is 18.5 Å². The summed E-state index contributed by atoms with van der Waals surface area (Å²) in [5.74, 6) is 0.791. The summed E-state index contributed by atoms with van der Waals surface area (Å²) in [6, 6.07) is 0. The fraction of sp³-hybridized carbons (Fsp3) is 0.545. The number of nitrogens with zero attached hydrogens (tertiary/aromatic N) is 4. The number of piperazine rings is 1. The number of H-pyrrole nitrogens is 1. The molecule has 2 N–H and O–H groups in total. The number of aromatic amines is 1. The highest BCUT2D eigenvalue weighted by molar-refractivity contribution is 6.28. The normalized spacial score (nSPS) is 16.2. The Morgan fingerprint density at radius 1 is 1.32 bits per heavy atom. The smallest absolute Gasteiger partial charge is 0.278 e. The number of fused-ring (bicyclic) bond motifs is 1. The molecule has 0 aliphatic carbocycles. The van der Waals surface area contributed by atoms with Crippen LogP contribution >= 0.6 is 11.6 Å². The number of anilines is 1. The van der Waals surface area contributed by atoms with Gasteiger partial charge in [-0.2, -0.15) is 9.97 Å². The summed E-state index contributed by atoms with van der Waals surface area (Å²) in [5, 5.41) is 3.37. The zero-order valence-corrected chi connectivity index (χ0v) is 11.4. The summed E-state index contributed by atoms with van der Waals surface area (Å²) in [4.78, 5) is 25.2. The average molecular weight is 283 g/mol. The van der Waals surface area contributed by atoms with Gasteiger partial charge in [-0.15, -0.1) is 0 Å². The molecule has 1 saturated heterocycles. The summed E-state index contributed by atoms with van der Waals surface area (Å²) >= 11 is 5.77. The van der Waals surface area contributed by atoms with Crippen LogP contribution in [0.25, 0.3) is 11.2 Å². The molecule has 0 atom stereocenters. The molecule has 8 heteroatoms. The van der Waals surface area contributed by atoms with Crippen LogP contribution < -0.4 is 15.8 Å². The molecule has 0 amide bonds. The molecule has 2 aromatic rings. The number of imidazole rings is 1. The predicted octanol–water partition coefficient (Wildman–Crippen LogP) is 0.202. The molecular formula is C11H15ClN6O. The fourth-order valence-corrected chi connectivity index (χ4v) is 2.58. The average Bonchev–Trinajstić information content (AvgIpc) is 2.78. The second kappa shape index (κ2) is 4.82. The molecule has 19 heavy (non-hydrogen) atoms. The number of nitrogens with one attached hydrogen (secondary N) is 2. The molecule has 0 aromatic carbocycles. The number of aryl methyl sites for hydroxylation is 1. The summed E-state index contributed by atoms with van der Waals surface area (Å²) in [6.07, 6.45) is 0. The molecule has 1 fully saturated rings. The summed E-state index contributed by atoms with van der Waals surface area (Å²) < 4.78 is 1.89. The van der Waals surface area contributed by atoms with Crippen LogP contribution in [0.15, 0.2) is 4.79 Å². The second-order valence-corrected chi connectivity index (χ2v) is 4.78. The highest BCUT2D eigenvalue weighted by Crippen LogP contribution is 2.19. The molecule has 1 aliphatic rings. The molecule has 0 radical (unpaired) electrons. The number of hydrogen-bond acceptors (Lipinski definition) is 5. The van der Waals surface area contributed by atoms with E-state index >= 15 is 0 Å². The summed E-state index contributed by atoms with van der Waals surface area (Å²) in [5.41, 5.74) is 0.648. The van der Waals surface area contributed by atoms with Crippen molar-refractivity contribution in [3.63, 3.8) is 0 Å². The van der Waals surface area contributed by atoms with Gasteiger partial charge in [0.05, 0.1) is 0 Å². The van der Waals surface area contributed by atoms with Gasteiger partial charge in [-0.3, -0.25) is 9.78 Å². The van der Waals surface area contributed by atoms with Gasteiger partial charge in [0.25, 0.3) is 5.56 Å². The molecule has 2 aromatic heterocycles. The third kappa shape index (κ3) is 2.08. The maximum atomic E-state index is 12.0. The van der Waals surface area contributed by atoms with E-state index in [2.05, 4.69) is 25.2 Å². The predicted molar refractivity (Wildman–Crippen MR) is 73.9 cm³/mol. The van der Waals surface area contributed by atoms with E-state index in [9.17, 15) is 4.79 Å². The molecule has 0 saturated carbocycles. The third-order valence-electron chi connectivity index (χ3n) is 3.28. The van der Waals surface area contributed by atoms with Gasteiger partial charge in [0.2, 0.25) is 11.2 Å². The van der Waals surface area contributed by atoms with Crippen molar-refractivity contribution in [1.82, 2.24) is 24.8 Å². The van der Waals surface area contributed by atoms with Crippen LogP contribution in [0.1, 0.15) is 6.92 Å². The van der Waals surface area contributed by atoms with Crippen molar-refractivity contribution in [2.24, 2.45) is 0 Å². The van der Waals surface area contributed by atoms with Crippen LogP contribution in [-0.4, -0.2) is 45.7 Å². The zero-order chi connectivity index (χ0) is 13.4. The first kappa shape index (κ1) is 12.4. The highest BCUT2D eigenvalue weighted by atomic mass is 35.5. The molecule has 0 bridgehead atoms. The van der Waals surface area contributed by atoms with E-state index in [0.29, 0.717) is 17.7 Å². The van der Waals surface area contributed by atoms with Gasteiger partial charge >= 0.3 is 0 Å². The van der Waals surface area contributed by atoms with E-state index in [1.54, 1.807) is 0 Å². The van der Waals surface area contributed by atoms with E-state index in [-0.39, 0.29) is 10.8 Å². The first-order chi connectivity index (χ1) is 9.20. The molecule has 3 heterocycles.